The summed E-state index contributed by atoms with van der Waals surface area (Å²) >= 11 is 0. The van der Waals surface area contributed by atoms with E-state index < -0.39 is 0 Å². The van der Waals surface area contributed by atoms with Gasteiger partial charge in [0.05, 0.1) is 11.9 Å². The summed E-state index contributed by atoms with van der Waals surface area (Å²) < 4.78 is 0. The first-order chi connectivity index (χ1) is 6.77. The highest BCUT2D eigenvalue weighted by molar-refractivity contribution is 5.92. The molecular formula is C11H14N2O. The van der Waals surface area contributed by atoms with Gasteiger partial charge in [0, 0.05) is 20.0 Å². The van der Waals surface area contributed by atoms with Crippen molar-refractivity contribution >= 4 is 11.5 Å². The second-order valence-corrected chi connectivity index (χ2v) is 3.65. The fraction of sp³-hybridized carbons (Fsp3) is 0.455. The lowest BCUT2D eigenvalue weighted by Crippen LogP contribution is -2.17. The molecular weight excluding hydrogens is 176 g/mol. The van der Waals surface area contributed by atoms with Crippen molar-refractivity contribution in [3.8, 4) is 0 Å². The maximum Gasteiger partial charge on any atom is 0.178 e. The van der Waals surface area contributed by atoms with Crippen LogP contribution in [0.25, 0.3) is 0 Å². The first kappa shape index (κ1) is 9.19. The molecule has 0 aliphatic carbocycles. The van der Waals surface area contributed by atoms with Crippen LogP contribution in [0.5, 0.6) is 0 Å². The smallest absolute Gasteiger partial charge is 0.178 e. The summed E-state index contributed by atoms with van der Waals surface area (Å²) in [6.07, 6.45) is 4.31. The van der Waals surface area contributed by atoms with Gasteiger partial charge >= 0.3 is 0 Å². The number of aromatic nitrogens is 1. The van der Waals surface area contributed by atoms with E-state index in [0.29, 0.717) is 5.69 Å². The van der Waals surface area contributed by atoms with E-state index in [2.05, 4.69) is 9.88 Å². The molecule has 0 unspecified atom stereocenters. The quantitative estimate of drug-likeness (QED) is 0.668. The summed E-state index contributed by atoms with van der Waals surface area (Å²) in [4.78, 5) is 17.4. The molecule has 2 rings (SSSR count). The van der Waals surface area contributed by atoms with Crippen LogP contribution >= 0.6 is 0 Å². The van der Waals surface area contributed by atoms with Crippen molar-refractivity contribution in [2.75, 3.05) is 18.0 Å². The summed E-state index contributed by atoms with van der Waals surface area (Å²) in [6.45, 7) is 3.76. The van der Waals surface area contributed by atoms with E-state index in [1.807, 2.05) is 6.07 Å². The highest BCUT2D eigenvalue weighted by Crippen LogP contribution is 2.18. The number of carbonyl (C=O) groups is 1. The molecule has 74 valence electrons. The molecule has 0 spiro atoms. The standard InChI is InChI=1S/C11H14N2O/c1-9(14)11-5-4-10(8-12-11)13-6-2-3-7-13/h4-5,8H,2-3,6-7H2,1H3. The summed E-state index contributed by atoms with van der Waals surface area (Å²) in [5, 5.41) is 0. The monoisotopic (exact) mass is 190 g/mol. The molecule has 14 heavy (non-hydrogen) atoms. The van der Waals surface area contributed by atoms with E-state index >= 15 is 0 Å². The van der Waals surface area contributed by atoms with E-state index in [1.54, 1.807) is 12.3 Å². The fourth-order valence-corrected chi connectivity index (χ4v) is 1.76. The average Bonchev–Trinajstić information content (AvgIpc) is 2.71. The van der Waals surface area contributed by atoms with E-state index in [9.17, 15) is 4.79 Å². The Bertz CT molecular complexity index is 326. The lowest BCUT2D eigenvalue weighted by Gasteiger charge is -2.16. The predicted molar refractivity (Wildman–Crippen MR) is 55.7 cm³/mol. The van der Waals surface area contributed by atoms with Crippen molar-refractivity contribution < 1.29 is 4.79 Å². The normalized spacial score (nSPS) is 15.9. The summed E-state index contributed by atoms with van der Waals surface area (Å²) in [5.41, 5.74) is 1.68. The Hall–Kier alpha value is -1.38. The van der Waals surface area contributed by atoms with Crippen LogP contribution in [0.4, 0.5) is 5.69 Å². The van der Waals surface area contributed by atoms with Crippen LogP contribution in [0.2, 0.25) is 0 Å². The third-order valence-corrected chi connectivity index (χ3v) is 2.58. The molecule has 1 aromatic rings. The van der Waals surface area contributed by atoms with Gasteiger partial charge in [-0.05, 0) is 25.0 Å². The van der Waals surface area contributed by atoms with Gasteiger partial charge in [0.2, 0.25) is 0 Å². The van der Waals surface area contributed by atoms with Gasteiger partial charge in [-0.25, -0.2) is 0 Å². The zero-order valence-electron chi connectivity index (χ0n) is 8.36. The molecule has 3 heteroatoms. The highest BCUT2D eigenvalue weighted by Gasteiger charge is 2.12. The third kappa shape index (κ3) is 1.76. The van der Waals surface area contributed by atoms with Gasteiger partial charge in [0.25, 0.3) is 0 Å². The first-order valence-corrected chi connectivity index (χ1v) is 4.99. The molecule has 0 saturated carbocycles. The van der Waals surface area contributed by atoms with Crippen molar-refractivity contribution in [3.05, 3.63) is 24.0 Å². The molecule has 0 amide bonds. The van der Waals surface area contributed by atoms with Gasteiger partial charge < -0.3 is 4.90 Å². The Balaban J connectivity index is 2.16. The number of rotatable bonds is 2. The third-order valence-electron chi connectivity index (χ3n) is 2.58. The molecule has 0 aromatic carbocycles. The number of ketones is 1. The maximum absolute atomic E-state index is 11.0. The van der Waals surface area contributed by atoms with Crippen LogP contribution in [-0.2, 0) is 0 Å². The number of pyridine rings is 1. The number of Topliss-reactive ketones (excluding diaryl/α,β-unsaturated/α-hetero) is 1. The molecule has 1 aliphatic heterocycles. The Morgan fingerprint density at radius 2 is 2.07 bits per heavy atom. The number of hydrogen-bond acceptors (Lipinski definition) is 3. The molecule has 0 bridgehead atoms. The van der Waals surface area contributed by atoms with Crippen LogP contribution in [0.15, 0.2) is 18.3 Å². The van der Waals surface area contributed by atoms with Gasteiger partial charge in [-0.3, -0.25) is 9.78 Å². The molecule has 0 radical (unpaired) electrons. The van der Waals surface area contributed by atoms with Crippen LogP contribution in [0, 0.1) is 0 Å². The van der Waals surface area contributed by atoms with Crippen LogP contribution in [-0.4, -0.2) is 23.9 Å². The molecule has 2 heterocycles. The first-order valence-electron chi connectivity index (χ1n) is 4.99. The zero-order chi connectivity index (χ0) is 9.97. The predicted octanol–water partition coefficient (Wildman–Crippen LogP) is 1.88. The molecule has 0 N–H and O–H groups in total. The van der Waals surface area contributed by atoms with Gasteiger partial charge in [-0.1, -0.05) is 0 Å². The van der Waals surface area contributed by atoms with Crippen molar-refractivity contribution in [3.63, 3.8) is 0 Å². The van der Waals surface area contributed by atoms with Crippen molar-refractivity contribution in [1.29, 1.82) is 0 Å². The van der Waals surface area contributed by atoms with Crippen molar-refractivity contribution in [2.24, 2.45) is 0 Å². The molecule has 1 aliphatic rings. The lowest BCUT2D eigenvalue weighted by molar-refractivity contribution is 0.101. The number of nitrogens with zero attached hydrogens (tertiary/aromatic N) is 2. The summed E-state index contributed by atoms with van der Waals surface area (Å²) in [6, 6.07) is 3.78. The molecule has 1 aromatic heterocycles. The summed E-state index contributed by atoms with van der Waals surface area (Å²) in [7, 11) is 0. The minimum Gasteiger partial charge on any atom is -0.370 e. The Kier molecular flexibility index (Phi) is 2.48. The SMILES string of the molecule is CC(=O)c1ccc(N2CCCC2)cn1. The van der Waals surface area contributed by atoms with Gasteiger partial charge in [0.1, 0.15) is 5.69 Å². The highest BCUT2D eigenvalue weighted by atomic mass is 16.1. The molecule has 1 fully saturated rings. The Labute approximate surface area is 83.8 Å². The van der Waals surface area contributed by atoms with Gasteiger partial charge in [-0.15, -0.1) is 0 Å². The van der Waals surface area contributed by atoms with Gasteiger partial charge in [0.15, 0.2) is 5.78 Å². The van der Waals surface area contributed by atoms with E-state index in [0.717, 1.165) is 18.8 Å². The second-order valence-electron chi connectivity index (χ2n) is 3.65. The van der Waals surface area contributed by atoms with Crippen molar-refractivity contribution in [1.82, 2.24) is 4.98 Å². The topological polar surface area (TPSA) is 33.2 Å². The lowest BCUT2D eigenvalue weighted by atomic mass is 10.2. The minimum atomic E-state index is 0.0259. The second kappa shape index (κ2) is 3.78. The van der Waals surface area contributed by atoms with Crippen LogP contribution < -0.4 is 4.90 Å². The van der Waals surface area contributed by atoms with E-state index in [4.69, 9.17) is 0 Å². The molecule has 1 saturated heterocycles. The van der Waals surface area contributed by atoms with Gasteiger partial charge in [-0.2, -0.15) is 0 Å². The Morgan fingerprint density at radius 3 is 2.57 bits per heavy atom. The largest absolute Gasteiger partial charge is 0.370 e. The summed E-state index contributed by atoms with van der Waals surface area (Å²) in [5.74, 6) is 0.0259. The number of anilines is 1. The number of hydrogen-bond donors (Lipinski definition) is 0. The van der Waals surface area contributed by atoms with E-state index in [1.165, 1.54) is 19.8 Å². The Morgan fingerprint density at radius 1 is 1.36 bits per heavy atom. The average molecular weight is 190 g/mol. The zero-order valence-corrected chi connectivity index (χ0v) is 8.36. The minimum absolute atomic E-state index is 0.0259. The number of carbonyl (C=O) groups excluding carboxylic acids is 1. The van der Waals surface area contributed by atoms with E-state index in [-0.39, 0.29) is 5.78 Å². The maximum atomic E-state index is 11.0. The van der Waals surface area contributed by atoms with Crippen LogP contribution in [0.1, 0.15) is 30.3 Å². The van der Waals surface area contributed by atoms with Crippen molar-refractivity contribution in [2.45, 2.75) is 19.8 Å². The van der Waals surface area contributed by atoms with Crippen LogP contribution in [0.3, 0.4) is 0 Å². The molecule has 0 atom stereocenters. The molecule has 3 nitrogen and oxygen atoms in total. The fourth-order valence-electron chi connectivity index (χ4n) is 1.76.